The van der Waals surface area contributed by atoms with Crippen molar-refractivity contribution in [2.24, 2.45) is 5.14 Å². The molecule has 1 aromatic carbocycles. The Labute approximate surface area is 114 Å². The van der Waals surface area contributed by atoms with E-state index in [2.05, 4.69) is 5.32 Å². The molecular weight excluding hydrogens is 264 g/mol. The van der Waals surface area contributed by atoms with Crippen molar-refractivity contribution >= 4 is 15.9 Å². The van der Waals surface area contributed by atoms with Crippen LogP contribution in [0.2, 0.25) is 0 Å². The monoisotopic (exact) mass is 284 g/mol. The van der Waals surface area contributed by atoms with E-state index in [9.17, 15) is 13.2 Å². The third-order valence-electron chi connectivity index (χ3n) is 2.86. The topological polar surface area (TPSA) is 89.3 Å². The lowest BCUT2D eigenvalue weighted by atomic mass is 10.0. The normalized spacial score (nSPS) is 11.3. The number of nitrogens with one attached hydrogen (secondary N) is 1. The molecule has 0 unspecified atom stereocenters. The molecule has 0 heterocycles. The highest BCUT2D eigenvalue weighted by Crippen LogP contribution is 2.10. The van der Waals surface area contributed by atoms with E-state index in [1.54, 1.807) is 0 Å². The van der Waals surface area contributed by atoms with Crippen molar-refractivity contribution < 1.29 is 13.2 Å². The highest BCUT2D eigenvalue weighted by Gasteiger charge is 2.06. The van der Waals surface area contributed by atoms with E-state index in [0.717, 1.165) is 11.1 Å². The maximum Gasteiger partial charge on any atom is 0.224 e. The maximum atomic E-state index is 11.6. The Bertz CT molecular complexity index is 553. The maximum absolute atomic E-state index is 11.6. The number of carbonyl (C=O) groups is 1. The van der Waals surface area contributed by atoms with Gasteiger partial charge in [-0.25, -0.2) is 13.6 Å². The minimum atomic E-state index is -3.44. The molecule has 0 aliphatic heterocycles. The number of benzene rings is 1. The largest absolute Gasteiger partial charge is 0.356 e. The third kappa shape index (κ3) is 6.35. The molecule has 6 heteroatoms. The third-order valence-corrected chi connectivity index (χ3v) is 3.72. The molecule has 1 rings (SSSR count). The van der Waals surface area contributed by atoms with Gasteiger partial charge >= 0.3 is 0 Å². The van der Waals surface area contributed by atoms with Crippen molar-refractivity contribution in [1.29, 1.82) is 0 Å². The first-order valence-electron chi connectivity index (χ1n) is 6.11. The Morgan fingerprint density at radius 3 is 2.53 bits per heavy atom. The quantitative estimate of drug-likeness (QED) is 0.751. The summed E-state index contributed by atoms with van der Waals surface area (Å²) >= 11 is 0. The number of rotatable bonds is 6. The highest BCUT2D eigenvalue weighted by atomic mass is 32.2. The smallest absolute Gasteiger partial charge is 0.224 e. The van der Waals surface area contributed by atoms with Gasteiger partial charge in [0.1, 0.15) is 0 Å². The second kappa shape index (κ2) is 6.68. The van der Waals surface area contributed by atoms with Crippen LogP contribution in [0.4, 0.5) is 0 Å². The van der Waals surface area contributed by atoms with E-state index in [4.69, 9.17) is 5.14 Å². The molecule has 19 heavy (non-hydrogen) atoms. The average Bonchev–Trinajstić information content (AvgIpc) is 2.28. The Hall–Kier alpha value is -1.40. The van der Waals surface area contributed by atoms with Gasteiger partial charge < -0.3 is 5.32 Å². The Kier molecular flexibility index (Phi) is 5.50. The molecule has 0 aliphatic rings. The molecule has 0 atom stereocenters. The number of hydrogen-bond acceptors (Lipinski definition) is 3. The summed E-state index contributed by atoms with van der Waals surface area (Å²) < 4.78 is 21.4. The molecule has 0 bridgehead atoms. The van der Waals surface area contributed by atoms with Crippen LogP contribution in [-0.2, 0) is 21.2 Å². The van der Waals surface area contributed by atoms with Gasteiger partial charge in [-0.1, -0.05) is 18.2 Å². The SMILES string of the molecule is Cc1ccc(CC(=O)NCCCS(N)(=O)=O)cc1C. The van der Waals surface area contributed by atoms with Crippen LogP contribution in [-0.4, -0.2) is 26.6 Å². The van der Waals surface area contributed by atoms with Crippen molar-refractivity contribution in [2.45, 2.75) is 26.7 Å². The molecule has 0 aromatic heterocycles. The van der Waals surface area contributed by atoms with Crippen LogP contribution in [0.25, 0.3) is 0 Å². The average molecular weight is 284 g/mol. The summed E-state index contributed by atoms with van der Waals surface area (Å²) in [5.41, 5.74) is 3.30. The number of amides is 1. The minimum absolute atomic E-state index is 0.113. The van der Waals surface area contributed by atoms with E-state index in [1.165, 1.54) is 5.56 Å². The van der Waals surface area contributed by atoms with Crippen LogP contribution >= 0.6 is 0 Å². The summed E-state index contributed by atoms with van der Waals surface area (Å²) in [7, 11) is -3.44. The molecule has 1 aromatic rings. The molecule has 1 amide bonds. The second-order valence-corrected chi connectivity index (χ2v) is 6.40. The second-order valence-electron chi connectivity index (χ2n) is 4.67. The highest BCUT2D eigenvalue weighted by molar-refractivity contribution is 7.89. The molecular formula is C13H20N2O3S. The van der Waals surface area contributed by atoms with Gasteiger partial charge in [-0.05, 0) is 37.0 Å². The van der Waals surface area contributed by atoms with Crippen LogP contribution in [0.5, 0.6) is 0 Å². The van der Waals surface area contributed by atoms with Crippen molar-refractivity contribution in [3.8, 4) is 0 Å². The van der Waals surface area contributed by atoms with Crippen molar-refractivity contribution in [2.75, 3.05) is 12.3 Å². The summed E-state index contributed by atoms with van der Waals surface area (Å²) in [6.07, 6.45) is 0.633. The van der Waals surface area contributed by atoms with Crippen LogP contribution in [0.3, 0.4) is 0 Å². The van der Waals surface area contributed by atoms with Crippen LogP contribution in [0.1, 0.15) is 23.1 Å². The molecule has 0 saturated heterocycles. The predicted molar refractivity (Wildman–Crippen MR) is 75.2 cm³/mol. The van der Waals surface area contributed by atoms with Gasteiger partial charge in [0.15, 0.2) is 0 Å². The van der Waals surface area contributed by atoms with Gasteiger partial charge in [0.25, 0.3) is 0 Å². The molecule has 0 fully saturated rings. The van der Waals surface area contributed by atoms with Gasteiger partial charge in [0.2, 0.25) is 15.9 Å². The summed E-state index contributed by atoms with van der Waals surface area (Å²) in [6.45, 7) is 4.34. The number of primary sulfonamides is 1. The fraction of sp³-hybridized carbons (Fsp3) is 0.462. The van der Waals surface area contributed by atoms with E-state index < -0.39 is 10.0 Å². The van der Waals surface area contributed by atoms with Crippen LogP contribution < -0.4 is 10.5 Å². The van der Waals surface area contributed by atoms with Gasteiger partial charge in [0.05, 0.1) is 12.2 Å². The van der Waals surface area contributed by atoms with Gasteiger partial charge in [-0.3, -0.25) is 4.79 Å². The summed E-state index contributed by atoms with van der Waals surface area (Å²) in [5.74, 6) is -0.227. The fourth-order valence-corrected chi connectivity index (χ4v) is 2.21. The molecule has 0 aliphatic carbocycles. The van der Waals surface area contributed by atoms with Gasteiger partial charge in [-0.2, -0.15) is 0 Å². The molecule has 106 valence electrons. The first-order chi connectivity index (χ1) is 8.78. The number of sulfonamides is 1. The fourth-order valence-electron chi connectivity index (χ4n) is 1.66. The zero-order valence-corrected chi connectivity index (χ0v) is 12.1. The zero-order valence-electron chi connectivity index (χ0n) is 11.3. The Morgan fingerprint density at radius 2 is 1.95 bits per heavy atom. The first-order valence-corrected chi connectivity index (χ1v) is 7.83. The lowest BCUT2D eigenvalue weighted by Gasteiger charge is -2.07. The molecule has 5 nitrogen and oxygen atoms in total. The van der Waals surface area contributed by atoms with E-state index in [0.29, 0.717) is 19.4 Å². The number of carbonyl (C=O) groups excluding carboxylic acids is 1. The summed E-state index contributed by atoms with van der Waals surface area (Å²) in [5, 5.41) is 7.55. The summed E-state index contributed by atoms with van der Waals surface area (Å²) in [4.78, 5) is 11.6. The molecule has 0 spiro atoms. The van der Waals surface area contributed by atoms with Crippen molar-refractivity contribution in [3.63, 3.8) is 0 Å². The number of hydrogen-bond donors (Lipinski definition) is 2. The lowest BCUT2D eigenvalue weighted by Crippen LogP contribution is -2.28. The van der Waals surface area contributed by atoms with E-state index in [1.807, 2.05) is 32.0 Å². The lowest BCUT2D eigenvalue weighted by molar-refractivity contribution is -0.120. The van der Waals surface area contributed by atoms with Crippen molar-refractivity contribution in [1.82, 2.24) is 5.32 Å². The predicted octanol–water partition coefficient (Wildman–Crippen LogP) is 0.641. The van der Waals surface area contributed by atoms with Gasteiger partial charge in [-0.15, -0.1) is 0 Å². The first kappa shape index (κ1) is 15.7. The Morgan fingerprint density at radius 1 is 1.26 bits per heavy atom. The minimum Gasteiger partial charge on any atom is -0.356 e. The summed E-state index contributed by atoms with van der Waals surface area (Å²) in [6, 6.07) is 5.89. The van der Waals surface area contributed by atoms with Crippen molar-refractivity contribution in [3.05, 3.63) is 34.9 Å². The van der Waals surface area contributed by atoms with Gasteiger partial charge in [0, 0.05) is 6.54 Å². The zero-order chi connectivity index (χ0) is 14.5. The Balaban J connectivity index is 2.37. The molecule has 0 saturated carbocycles. The van der Waals surface area contributed by atoms with Crippen LogP contribution in [0, 0.1) is 13.8 Å². The van der Waals surface area contributed by atoms with Crippen LogP contribution in [0.15, 0.2) is 18.2 Å². The molecule has 3 N–H and O–H groups in total. The number of aryl methyl sites for hydroxylation is 2. The molecule has 0 radical (unpaired) electrons. The number of nitrogens with two attached hydrogens (primary N) is 1. The van der Waals surface area contributed by atoms with E-state index in [-0.39, 0.29) is 11.7 Å². The van der Waals surface area contributed by atoms with E-state index >= 15 is 0 Å². The standard InChI is InChI=1S/C13H20N2O3S/c1-10-4-5-12(8-11(10)2)9-13(16)15-6-3-7-19(14,17)18/h4-5,8H,3,6-7,9H2,1-2H3,(H,15,16)(H2,14,17,18).